The fourth-order valence-electron chi connectivity index (χ4n) is 1.53. The van der Waals surface area contributed by atoms with Crippen molar-refractivity contribution in [1.82, 2.24) is 0 Å². The summed E-state index contributed by atoms with van der Waals surface area (Å²) < 4.78 is 0. The van der Waals surface area contributed by atoms with Gasteiger partial charge in [0.05, 0.1) is 0 Å². The molecule has 85 valence electrons. The molecule has 17 heavy (non-hydrogen) atoms. The lowest BCUT2D eigenvalue weighted by atomic mass is 10.1. The molecule has 0 aliphatic rings. The predicted octanol–water partition coefficient (Wildman–Crippen LogP) is 3.27. The third kappa shape index (κ3) is 3.76. The first kappa shape index (κ1) is 11.4. The smallest absolute Gasteiger partial charge is 0.225 e. The maximum absolute atomic E-state index is 11.6. The van der Waals surface area contributed by atoms with Crippen LogP contribution in [0.25, 0.3) is 0 Å². The zero-order valence-corrected chi connectivity index (χ0v) is 9.47. The minimum atomic E-state index is 0.0000491. The van der Waals surface area contributed by atoms with Gasteiger partial charge in [0.2, 0.25) is 5.91 Å². The van der Waals surface area contributed by atoms with Gasteiger partial charge in [-0.2, -0.15) is 0 Å². The SMILES string of the molecule is O=C(C[CH]c1ccccc1)Nc1ccccc1. The van der Waals surface area contributed by atoms with Gasteiger partial charge in [-0.25, -0.2) is 0 Å². The number of carbonyl (C=O) groups excluding carboxylic acids is 1. The lowest BCUT2D eigenvalue weighted by molar-refractivity contribution is -0.115. The van der Waals surface area contributed by atoms with Crippen LogP contribution in [-0.4, -0.2) is 5.91 Å². The first-order valence-corrected chi connectivity index (χ1v) is 5.58. The van der Waals surface area contributed by atoms with Crippen LogP contribution in [0.15, 0.2) is 60.7 Å². The fourth-order valence-corrected chi connectivity index (χ4v) is 1.53. The van der Waals surface area contributed by atoms with E-state index in [-0.39, 0.29) is 5.91 Å². The predicted molar refractivity (Wildman–Crippen MR) is 69.5 cm³/mol. The Bertz CT molecular complexity index is 465. The molecule has 2 heteroatoms. The van der Waals surface area contributed by atoms with Gasteiger partial charge in [-0.3, -0.25) is 4.79 Å². The van der Waals surface area contributed by atoms with Crippen LogP contribution in [0.1, 0.15) is 12.0 Å². The van der Waals surface area contributed by atoms with Crippen molar-refractivity contribution in [2.75, 3.05) is 5.32 Å². The molecule has 1 radical (unpaired) electrons. The summed E-state index contributed by atoms with van der Waals surface area (Å²) in [5.41, 5.74) is 1.90. The van der Waals surface area contributed by atoms with E-state index in [0.29, 0.717) is 6.42 Å². The largest absolute Gasteiger partial charge is 0.326 e. The quantitative estimate of drug-likeness (QED) is 0.848. The summed E-state index contributed by atoms with van der Waals surface area (Å²) >= 11 is 0. The molecule has 2 rings (SSSR count). The number of hydrogen-bond donors (Lipinski definition) is 1. The Morgan fingerprint density at radius 1 is 0.941 bits per heavy atom. The Labute approximate surface area is 101 Å². The van der Waals surface area contributed by atoms with E-state index in [2.05, 4.69) is 5.32 Å². The van der Waals surface area contributed by atoms with Crippen LogP contribution in [0.4, 0.5) is 5.69 Å². The molecule has 0 atom stereocenters. The first-order chi connectivity index (χ1) is 8.34. The van der Waals surface area contributed by atoms with Crippen molar-refractivity contribution in [3.05, 3.63) is 72.6 Å². The Hall–Kier alpha value is -2.09. The van der Waals surface area contributed by atoms with Crippen LogP contribution in [0.5, 0.6) is 0 Å². The molecule has 0 aromatic heterocycles. The normalized spacial score (nSPS) is 9.88. The third-order valence-corrected chi connectivity index (χ3v) is 2.38. The molecule has 1 amide bonds. The van der Waals surface area contributed by atoms with Crippen molar-refractivity contribution in [3.63, 3.8) is 0 Å². The standard InChI is InChI=1S/C15H14NO/c17-15(16-14-9-5-2-6-10-14)12-11-13-7-3-1-4-8-13/h1-11H,12H2,(H,16,17). The van der Waals surface area contributed by atoms with E-state index in [9.17, 15) is 4.79 Å². The van der Waals surface area contributed by atoms with Crippen molar-refractivity contribution in [2.45, 2.75) is 6.42 Å². The van der Waals surface area contributed by atoms with Gasteiger partial charge < -0.3 is 5.32 Å². The highest BCUT2D eigenvalue weighted by Crippen LogP contribution is 2.08. The molecular formula is C15H14NO. The summed E-state index contributed by atoms with van der Waals surface area (Å²) in [5, 5.41) is 2.84. The number of hydrogen-bond acceptors (Lipinski definition) is 1. The van der Waals surface area contributed by atoms with E-state index in [0.717, 1.165) is 11.3 Å². The number of carbonyl (C=O) groups is 1. The molecule has 0 saturated carbocycles. The van der Waals surface area contributed by atoms with Crippen molar-refractivity contribution in [2.24, 2.45) is 0 Å². The molecule has 0 spiro atoms. The highest BCUT2D eigenvalue weighted by atomic mass is 16.1. The number of amides is 1. The van der Waals surface area contributed by atoms with Gasteiger partial charge in [0.25, 0.3) is 0 Å². The van der Waals surface area contributed by atoms with Gasteiger partial charge in [-0.15, -0.1) is 0 Å². The van der Waals surface area contributed by atoms with Gasteiger partial charge in [0.15, 0.2) is 0 Å². The second-order valence-corrected chi connectivity index (χ2v) is 3.73. The first-order valence-electron chi connectivity index (χ1n) is 5.58. The van der Waals surface area contributed by atoms with E-state index in [1.54, 1.807) is 0 Å². The van der Waals surface area contributed by atoms with Crippen molar-refractivity contribution < 1.29 is 4.79 Å². The molecule has 2 aromatic rings. The van der Waals surface area contributed by atoms with E-state index < -0.39 is 0 Å². The summed E-state index contributed by atoms with van der Waals surface area (Å²) in [5.74, 6) is 0.0000491. The summed E-state index contributed by atoms with van der Waals surface area (Å²) in [6, 6.07) is 19.3. The minimum Gasteiger partial charge on any atom is -0.326 e. The molecule has 0 unspecified atom stereocenters. The highest BCUT2D eigenvalue weighted by Gasteiger charge is 2.02. The van der Waals surface area contributed by atoms with Gasteiger partial charge in [-0.05, 0) is 24.1 Å². The second-order valence-electron chi connectivity index (χ2n) is 3.73. The zero-order valence-electron chi connectivity index (χ0n) is 9.47. The molecule has 0 bridgehead atoms. The minimum absolute atomic E-state index is 0.0000491. The van der Waals surface area contributed by atoms with E-state index in [4.69, 9.17) is 0 Å². The average molecular weight is 224 g/mol. The van der Waals surface area contributed by atoms with Crippen LogP contribution in [0.3, 0.4) is 0 Å². The molecule has 0 saturated heterocycles. The number of anilines is 1. The highest BCUT2D eigenvalue weighted by molar-refractivity contribution is 5.91. The number of nitrogens with one attached hydrogen (secondary N) is 1. The number of para-hydroxylation sites is 1. The topological polar surface area (TPSA) is 29.1 Å². The summed E-state index contributed by atoms with van der Waals surface area (Å²) in [6.07, 6.45) is 2.30. The lowest BCUT2D eigenvalue weighted by Gasteiger charge is -2.04. The summed E-state index contributed by atoms with van der Waals surface area (Å²) in [4.78, 5) is 11.6. The van der Waals surface area contributed by atoms with Crippen LogP contribution in [0, 0.1) is 6.42 Å². The summed E-state index contributed by atoms with van der Waals surface area (Å²) in [7, 11) is 0. The number of rotatable bonds is 4. The Balaban J connectivity index is 1.83. The molecular weight excluding hydrogens is 210 g/mol. The Morgan fingerprint density at radius 2 is 1.53 bits per heavy atom. The Morgan fingerprint density at radius 3 is 2.18 bits per heavy atom. The molecule has 2 nitrogen and oxygen atoms in total. The average Bonchev–Trinajstić information content (AvgIpc) is 2.39. The maximum atomic E-state index is 11.6. The van der Waals surface area contributed by atoms with Crippen LogP contribution in [0.2, 0.25) is 0 Å². The van der Waals surface area contributed by atoms with E-state index in [1.165, 1.54) is 0 Å². The van der Waals surface area contributed by atoms with Gasteiger partial charge >= 0.3 is 0 Å². The molecule has 0 aliphatic carbocycles. The monoisotopic (exact) mass is 224 g/mol. The van der Waals surface area contributed by atoms with E-state index in [1.807, 2.05) is 67.1 Å². The van der Waals surface area contributed by atoms with Crippen molar-refractivity contribution >= 4 is 11.6 Å². The van der Waals surface area contributed by atoms with Crippen molar-refractivity contribution in [3.8, 4) is 0 Å². The molecule has 0 heterocycles. The van der Waals surface area contributed by atoms with Gasteiger partial charge in [0.1, 0.15) is 0 Å². The zero-order chi connectivity index (χ0) is 11.9. The van der Waals surface area contributed by atoms with Gasteiger partial charge in [0, 0.05) is 12.1 Å². The number of benzene rings is 2. The third-order valence-electron chi connectivity index (χ3n) is 2.38. The van der Waals surface area contributed by atoms with E-state index >= 15 is 0 Å². The summed E-state index contributed by atoms with van der Waals surface area (Å²) in [6.45, 7) is 0. The molecule has 0 fully saturated rings. The molecule has 2 aromatic carbocycles. The second kappa shape index (κ2) is 5.85. The van der Waals surface area contributed by atoms with Gasteiger partial charge in [-0.1, -0.05) is 48.5 Å². The van der Waals surface area contributed by atoms with Crippen LogP contribution < -0.4 is 5.32 Å². The maximum Gasteiger partial charge on any atom is 0.225 e. The molecule has 0 aliphatic heterocycles. The fraction of sp³-hybridized carbons (Fsp3) is 0.0667. The Kier molecular flexibility index (Phi) is 3.92. The van der Waals surface area contributed by atoms with Crippen LogP contribution >= 0.6 is 0 Å². The lowest BCUT2D eigenvalue weighted by Crippen LogP contribution is -2.11. The van der Waals surface area contributed by atoms with Crippen molar-refractivity contribution in [1.29, 1.82) is 0 Å². The van der Waals surface area contributed by atoms with Crippen LogP contribution in [-0.2, 0) is 4.79 Å². The molecule has 1 N–H and O–H groups in total.